The highest BCUT2D eigenvalue weighted by Gasteiger charge is 2.30. The topological polar surface area (TPSA) is 86.8 Å². The molecule has 202 valence electrons. The molecule has 38 heavy (non-hydrogen) atoms. The number of rotatable bonds is 12. The van der Waals surface area contributed by atoms with Crippen molar-refractivity contribution in [2.24, 2.45) is 0 Å². The Morgan fingerprint density at radius 3 is 2.26 bits per heavy atom. The van der Waals surface area contributed by atoms with Gasteiger partial charge in [0.1, 0.15) is 6.04 Å². The van der Waals surface area contributed by atoms with Gasteiger partial charge in [0.25, 0.3) is 0 Å². The fourth-order valence-corrected chi connectivity index (χ4v) is 5.55. The molecule has 0 fully saturated rings. The summed E-state index contributed by atoms with van der Waals surface area (Å²) in [6.45, 7) is 0.335. The summed E-state index contributed by atoms with van der Waals surface area (Å²) in [7, 11) is -2.05. The highest BCUT2D eigenvalue weighted by Crippen LogP contribution is 2.23. The van der Waals surface area contributed by atoms with Crippen LogP contribution in [0.1, 0.15) is 24.0 Å². The smallest absolute Gasteiger partial charge is 0.242 e. The van der Waals surface area contributed by atoms with Crippen molar-refractivity contribution in [1.29, 1.82) is 0 Å². The highest BCUT2D eigenvalue weighted by atomic mass is 79.9. The van der Waals surface area contributed by atoms with Crippen LogP contribution in [0.2, 0.25) is 5.02 Å². The molecule has 3 aromatic carbocycles. The number of halogens is 2. The zero-order chi connectivity index (χ0) is 27.7. The summed E-state index contributed by atoms with van der Waals surface area (Å²) in [6, 6.07) is 23.0. The van der Waals surface area contributed by atoms with Gasteiger partial charge in [-0.05, 0) is 47.9 Å². The minimum Gasteiger partial charge on any atom is -0.357 e. The van der Waals surface area contributed by atoms with Crippen molar-refractivity contribution in [2.45, 2.75) is 31.8 Å². The molecule has 0 unspecified atom stereocenters. The largest absolute Gasteiger partial charge is 0.357 e. The summed E-state index contributed by atoms with van der Waals surface area (Å²) in [5, 5.41) is 3.11. The summed E-state index contributed by atoms with van der Waals surface area (Å²) >= 11 is 9.50. The first-order valence-electron chi connectivity index (χ1n) is 12.1. The second-order valence-electron chi connectivity index (χ2n) is 8.89. The molecule has 10 heteroatoms. The van der Waals surface area contributed by atoms with Crippen molar-refractivity contribution in [2.75, 3.05) is 24.2 Å². The molecule has 0 heterocycles. The third-order valence-electron chi connectivity index (χ3n) is 6.03. The molecule has 3 rings (SSSR count). The van der Waals surface area contributed by atoms with Crippen LogP contribution in [0.5, 0.6) is 0 Å². The molecule has 2 amide bonds. The van der Waals surface area contributed by atoms with Crippen molar-refractivity contribution >= 4 is 55.1 Å². The molecule has 0 aromatic heterocycles. The third kappa shape index (κ3) is 8.58. The van der Waals surface area contributed by atoms with Gasteiger partial charge in [-0.1, -0.05) is 76.1 Å². The van der Waals surface area contributed by atoms with E-state index in [0.717, 1.165) is 21.9 Å². The molecule has 0 aliphatic rings. The quantitative estimate of drug-likeness (QED) is 0.308. The summed E-state index contributed by atoms with van der Waals surface area (Å²) < 4.78 is 27.1. The van der Waals surface area contributed by atoms with E-state index in [0.29, 0.717) is 17.1 Å². The molecule has 0 aliphatic carbocycles. The zero-order valence-corrected chi connectivity index (χ0v) is 24.5. The van der Waals surface area contributed by atoms with Crippen LogP contribution < -0.4 is 9.62 Å². The Labute approximate surface area is 238 Å². The van der Waals surface area contributed by atoms with Gasteiger partial charge >= 0.3 is 0 Å². The van der Waals surface area contributed by atoms with E-state index in [-0.39, 0.29) is 37.7 Å². The Morgan fingerprint density at radius 2 is 1.66 bits per heavy atom. The number of sulfonamides is 1. The minimum atomic E-state index is -3.60. The number of benzene rings is 3. The summed E-state index contributed by atoms with van der Waals surface area (Å²) in [6.07, 6.45) is 1.80. The minimum absolute atomic E-state index is 0.0609. The molecule has 1 atom stereocenters. The van der Waals surface area contributed by atoms with Gasteiger partial charge in [0.15, 0.2) is 0 Å². The van der Waals surface area contributed by atoms with Gasteiger partial charge in [-0.3, -0.25) is 13.9 Å². The Hall–Kier alpha value is -2.88. The molecule has 0 saturated heterocycles. The summed E-state index contributed by atoms with van der Waals surface area (Å²) in [5.74, 6) is -0.506. The van der Waals surface area contributed by atoms with Crippen LogP contribution in [-0.2, 0) is 32.6 Å². The van der Waals surface area contributed by atoms with Gasteiger partial charge in [-0.2, -0.15) is 0 Å². The van der Waals surface area contributed by atoms with Crippen LogP contribution >= 0.6 is 27.5 Å². The lowest BCUT2D eigenvalue weighted by molar-refractivity contribution is -0.141. The second-order valence-corrected chi connectivity index (χ2v) is 12.1. The molecule has 0 saturated carbocycles. The third-order valence-corrected chi connectivity index (χ3v) is 7.99. The van der Waals surface area contributed by atoms with E-state index in [1.54, 1.807) is 36.2 Å². The van der Waals surface area contributed by atoms with E-state index >= 15 is 0 Å². The SMILES string of the molecule is CNC(=O)[C@@H](Cc1ccccc1)N(Cc1ccc(Br)cc1)C(=O)CCCN(c1cccc(Cl)c1)S(C)(=O)=O. The van der Waals surface area contributed by atoms with Crippen LogP contribution in [0, 0.1) is 0 Å². The van der Waals surface area contributed by atoms with Gasteiger partial charge in [-0.15, -0.1) is 0 Å². The van der Waals surface area contributed by atoms with Gasteiger partial charge < -0.3 is 10.2 Å². The number of carbonyl (C=O) groups is 2. The number of hydrogen-bond acceptors (Lipinski definition) is 4. The number of nitrogens with one attached hydrogen (secondary N) is 1. The maximum atomic E-state index is 13.6. The molecule has 7 nitrogen and oxygen atoms in total. The van der Waals surface area contributed by atoms with E-state index in [1.807, 2.05) is 54.6 Å². The van der Waals surface area contributed by atoms with E-state index in [1.165, 1.54) is 4.31 Å². The highest BCUT2D eigenvalue weighted by molar-refractivity contribution is 9.10. The van der Waals surface area contributed by atoms with Gasteiger partial charge in [0.05, 0.1) is 11.9 Å². The molecule has 0 radical (unpaired) electrons. The fraction of sp³-hybridized carbons (Fsp3) is 0.286. The van der Waals surface area contributed by atoms with Crippen molar-refractivity contribution < 1.29 is 18.0 Å². The van der Waals surface area contributed by atoms with Gasteiger partial charge in [-0.25, -0.2) is 8.42 Å². The van der Waals surface area contributed by atoms with Crippen LogP contribution in [0.15, 0.2) is 83.3 Å². The predicted octanol–water partition coefficient (Wildman–Crippen LogP) is 5.03. The van der Waals surface area contributed by atoms with Crippen molar-refractivity contribution in [1.82, 2.24) is 10.2 Å². The van der Waals surface area contributed by atoms with E-state index in [9.17, 15) is 18.0 Å². The number of hydrogen-bond donors (Lipinski definition) is 1. The Morgan fingerprint density at radius 1 is 0.974 bits per heavy atom. The Balaban J connectivity index is 1.84. The summed E-state index contributed by atoms with van der Waals surface area (Å²) in [4.78, 5) is 28.2. The second kappa shape index (κ2) is 13.8. The predicted molar refractivity (Wildman–Crippen MR) is 156 cm³/mol. The monoisotopic (exact) mass is 619 g/mol. The average molecular weight is 621 g/mol. The Bertz CT molecular complexity index is 1340. The normalized spacial score (nSPS) is 12.0. The van der Waals surface area contributed by atoms with Crippen molar-refractivity contribution in [3.05, 3.63) is 99.5 Å². The van der Waals surface area contributed by atoms with Gasteiger partial charge in [0, 0.05) is 42.5 Å². The lowest BCUT2D eigenvalue weighted by Gasteiger charge is -2.31. The number of amides is 2. The molecular weight excluding hydrogens is 590 g/mol. The zero-order valence-electron chi connectivity index (χ0n) is 21.3. The average Bonchev–Trinajstić information content (AvgIpc) is 2.89. The lowest BCUT2D eigenvalue weighted by Crippen LogP contribution is -2.49. The standard InChI is InChI=1S/C28H31BrClN3O4S/c1-31-28(35)26(18-21-8-4-3-5-9-21)32(20-22-13-15-23(29)16-14-22)27(34)12-7-17-33(38(2,36)37)25-11-6-10-24(30)19-25/h3-6,8-11,13-16,19,26H,7,12,17-18,20H2,1-2H3,(H,31,35)/t26-/m1/s1. The molecule has 0 spiro atoms. The van der Waals surface area contributed by atoms with E-state index in [4.69, 9.17) is 11.6 Å². The summed E-state index contributed by atoms with van der Waals surface area (Å²) in [5.41, 5.74) is 2.24. The number of carbonyl (C=O) groups excluding carboxylic acids is 2. The van der Waals surface area contributed by atoms with E-state index < -0.39 is 16.1 Å². The maximum absolute atomic E-state index is 13.6. The Kier molecular flexibility index (Phi) is 10.8. The molecule has 0 aliphatic heterocycles. The first-order chi connectivity index (χ1) is 18.1. The number of nitrogens with zero attached hydrogens (tertiary/aromatic N) is 2. The molecule has 3 aromatic rings. The van der Waals surface area contributed by atoms with Crippen LogP contribution in [0.3, 0.4) is 0 Å². The van der Waals surface area contributed by atoms with Gasteiger partial charge in [0.2, 0.25) is 21.8 Å². The number of likely N-dealkylation sites (N-methyl/N-ethyl adjacent to an activating group) is 1. The van der Waals surface area contributed by atoms with Crippen LogP contribution in [0.4, 0.5) is 5.69 Å². The molecule has 0 bridgehead atoms. The first kappa shape index (κ1) is 29.7. The number of anilines is 1. The van der Waals surface area contributed by atoms with Crippen molar-refractivity contribution in [3.63, 3.8) is 0 Å². The maximum Gasteiger partial charge on any atom is 0.242 e. The first-order valence-corrected chi connectivity index (χ1v) is 15.1. The van der Waals surface area contributed by atoms with E-state index in [2.05, 4.69) is 21.2 Å². The van der Waals surface area contributed by atoms with Crippen LogP contribution in [0.25, 0.3) is 0 Å². The van der Waals surface area contributed by atoms with Crippen molar-refractivity contribution in [3.8, 4) is 0 Å². The lowest BCUT2D eigenvalue weighted by atomic mass is 10.0. The van der Waals surface area contributed by atoms with Crippen LogP contribution in [-0.4, -0.2) is 51.0 Å². The molecule has 1 N–H and O–H groups in total. The molecular formula is C28H31BrClN3O4S. The fourth-order valence-electron chi connectivity index (χ4n) is 4.14.